The fraction of sp³-hybridized carbons (Fsp3) is 1.00. The zero-order chi connectivity index (χ0) is 15.6. The molecule has 0 rings (SSSR count). The molecule has 0 fully saturated rings. The largest absolute Gasteiger partial charge is 0.328 e. The Hall–Kier alpha value is 2.27. The SMILES string of the molecule is S=P(OC(CCl)CCl)(OC(CCl)CCl)OC(CCl)CCl. The minimum absolute atomic E-state index is 0.146. The van der Waals surface area contributed by atoms with Gasteiger partial charge in [0.25, 0.3) is 0 Å². The first-order valence-corrected chi connectivity index (χ1v) is 11.3. The van der Waals surface area contributed by atoms with Crippen LogP contribution in [0.4, 0.5) is 0 Å². The van der Waals surface area contributed by atoms with E-state index in [4.69, 9.17) is 95.0 Å². The minimum atomic E-state index is -3.16. The molecule has 0 bridgehead atoms. The van der Waals surface area contributed by atoms with Crippen molar-refractivity contribution in [3.05, 3.63) is 0 Å². The molecule has 0 saturated heterocycles. The maximum atomic E-state index is 5.73. The summed E-state index contributed by atoms with van der Waals surface area (Å²) >= 11 is 39.7. The molecule has 11 heteroatoms. The van der Waals surface area contributed by atoms with E-state index >= 15 is 0 Å². The third-order valence-corrected chi connectivity index (χ3v) is 6.38. The topological polar surface area (TPSA) is 27.7 Å². The van der Waals surface area contributed by atoms with Gasteiger partial charge in [0.05, 0.1) is 53.6 Å². The van der Waals surface area contributed by atoms with Crippen LogP contribution in [-0.2, 0) is 25.4 Å². The van der Waals surface area contributed by atoms with Gasteiger partial charge in [0.15, 0.2) is 0 Å². The smallest absolute Gasteiger partial charge is 0.303 e. The van der Waals surface area contributed by atoms with Gasteiger partial charge in [-0.25, -0.2) is 0 Å². The first-order valence-electron chi connectivity index (χ1n) is 5.49. The van der Waals surface area contributed by atoms with Crippen molar-refractivity contribution < 1.29 is 13.6 Å². The van der Waals surface area contributed by atoms with Crippen LogP contribution in [0.1, 0.15) is 0 Å². The fourth-order valence-electron chi connectivity index (χ4n) is 0.915. The summed E-state index contributed by atoms with van der Waals surface area (Å²) in [5, 5.41) is 0. The Labute approximate surface area is 154 Å². The van der Waals surface area contributed by atoms with E-state index in [1.165, 1.54) is 0 Å². The van der Waals surface area contributed by atoms with Gasteiger partial charge in [-0.3, -0.25) is 0 Å². The molecule has 0 heterocycles. The van der Waals surface area contributed by atoms with Crippen molar-refractivity contribution in [2.75, 3.05) is 35.3 Å². The zero-order valence-electron chi connectivity index (χ0n) is 10.3. The number of rotatable bonds is 12. The summed E-state index contributed by atoms with van der Waals surface area (Å²) in [6, 6.07) is 0. The molecule has 0 saturated carbocycles. The lowest BCUT2D eigenvalue weighted by Crippen LogP contribution is -2.25. The van der Waals surface area contributed by atoms with E-state index in [1.54, 1.807) is 0 Å². The summed E-state index contributed by atoms with van der Waals surface area (Å²) in [5.74, 6) is 0.878. The number of hydrogen-bond acceptors (Lipinski definition) is 4. The first-order chi connectivity index (χ1) is 9.48. The summed E-state index contributed by atoms with van der Waals surface area (Å²) in [5.41, 5.74) is 0. The summed E-state index contributed by atoms with van der Waals surface area (Å²) in [4.78, 5) is 0. The average Bonchev–Trinajstić information content (AvgIpc) is 2.48. The second-order valence-electron chi connectivity index (χ2n) is 3.56. The van der Waals surface area contributed by atoms with Crippen LogP contribution < -0.4 is 0 Å². The van der Waals surface area contributed by atoms with Gasteiger partial charge in [0.1, 0.15) is 0 Å². The van der Waals surface area contributed by atoms with E-state index in [-0.39, 0.29) is 35.3 Å². The molecule has 0 amide bonds. The van der Waals surface area contributed by atoms with Crippen LogP contribution in [0.15, 0.2) is 0 Å². The molecular weight excluding hydrogens is 432 g/mol. The van der Waals surface area contributed by atoms with Crippen LogP contribution in [0.25, 0.3) is 0 Å². The Balaban J connectivity index is 4.95. The molecule has 0 aliphatic carbocycles. The Bertz CT molecular complexity index is 246. The Morgan fingerprint density at radius 3 is 0.950 bits per heavy atom. The molecule has 3 nitrogen and oxygen atoms in total. The van der Waals surface area contributed by atoms with Crippen LogP contribution in [0.2, 0.25) is 0 Å². The Morgan fingerprint density at radius 1 is 0.600 bits per heavy atom. The predicted molar refractivity (Wildman–Crippen MR) is 93.2 cm³/mol. The van der Waals surface area contributed by atoms with Crippen molar-refractivity contribution in [1.29, 1.82) is 0 Å². The normalized spacial score (nSPS) is 12.8. The molecule has 0 aliphatic heterocycles. The molecule has 20 heavy (non-hydrogen) atoms. The van der Waals surface area contributed by atoms with Crippen molar-refractivity contribution in [3.8, 4) is 0 Å². The van der Waals surface area contributed by atoms with E-state index < -0.39 is 25.0 Å². The molecule has 0 N–H and O–H groups in total. The molecule has 122 valence electrons. The Kier molecular flexibility index (Phi) is 14.1. The number of alkyl halides is 6. The highest BCUT2D eigenvalue weighted by molar-refractivity contribution is 8.07. The Morgan fingerprint density at radius 2 is 0.800 bits per heavy atom. The zero-order valence-corrected chi connectivity index (χ0v) is 16.6. The third-order valence-electron chi connectivity index (χ3n) is 1.87. The maximum Gasteiger partial charge on any atom is 0.328 e. The van der Waals surface area contributed by atoms with Gasteiger partial charge in [-0.1, -0.05) is 0 Å². The molecule has 0 radical (unpaired) electrons. The van der Waals surface area contributed by atoms with Gasteiger partial charge in [0.2, 0.25) is 0 Å². The van der Waals surface area contributed by atoms with E-state index in [2.05, 4.69) is 0 Å². The lowest BCUT2D eigenvalue weighted by atomic mass is 10.5. The molecular formula is C9H15Cl6O3PS. The molecule has 0 unspecified atom stereocenters. The number of hydrogen-bond donors (Lipinski definition) is 0. The quantitative estimate of drug-likeness (QED) is 0.318. The lowest BCUT2D eigenvalue weighted by molar-refractivity contribution is 0.0965. The molecule has 0 aromatic carbocycles. The second kappa shape index (κ2) is 12.7. The molecule has 0 spiro atoms. The van der Waals surface area contributed by atoms with Crippen molar-refractivity contribution in [3.63, 3.8) is 0 Å². The maximum absolute atomic E-state index is 5.73. The summed E-state index contributed by atoms with van der Waals surface area (Å²) in [6.45, 7) is -3.16. The van der Waals surface area contributed by atoms with Crippen molar-refractivity contribution >= 4 is 88.1 Å². The second-order valence-corrected chi connectivity index (χ2v) is 8.28. The summed E-state index contributed by atoms with van der Waals surface area (Å²) in [7, 11) is 0. The lowest BCUT2D eigenvalue weighted by Gasteiger charge is -2.30. The molecule has 0 atom stereocenters. The number of halogens is 6. The first kappa shape index (κ1) is 22.3. The fourth-order valence-corrected chi connectivity index (χ4v) is 5.60. The van der Waals surface area contributed by atoms with E-state index in [0.29, 0.717) is 0 Å². The van der Waals surface area contributed by atoms with Crippen LogP contribution >= 0.6 is 76.3 Å². The van der Waals surface area contributed by atoms with Crippen LogP contribution in [0, 0.1) is 0 Å². The van der Waals surface area contributed by atoms with Crippen molar-refractivity contribution in [2.24, 2.45) is 0 Å². The standard InChI is InChI=1S/C9H15Cl6O3PS/c10-1-7(2-11)16-19(20,17-8(3-12)4-13)18-9(5-14)6-15/h7-9H,1-6H2. The van der Waals surface area contributed by atoms with Crippen LogP contribution in [-0.4, -0.2) is 53.6 Å². The molecule has 0 aromatic heterocycles. The minimum Gasteiger partial charge on any atom is -0.303 e. The van der Waals surface area contributed by atoms with Gasteiger partial charge in [-0.2, -0.15) is 0 Å². The van der Waals surface area contributed by atoms with Gasteiger partial charge in [-0.05, 0) is 11.8 Å². The van der Waals surface area contributed by atoms with Crippen LogP contribution in [0.5, 0.6) is 0 Å². The van der Waals surface area contributed by atoms with E-state index in [9.17, 15) is 0 Å². The predicted octanol–water partition coefficient (Wildman–Crippen LogP) is 4.80. The van der Waals surface area contributed by atoms with E-state index in [1.807, 2.05) is 0 Å². The van der Waals surface area contributed by atoms with Gasteiger partial charge >= 0.3 is 6.72 Å². The van der Waals surface area contributed by atoms with Crippen molar-refractivity contribution in [1.82, 2.24) is 0 Å². The summed E-state index contributed by atoms with van der Waals surface area (Å²) in [6.07, 6.45) is -1.54. The average molecular weight is 447 g/mol. The highest BCUT2D eigenvalue weighted by Crippen LogP contribution is 2.53. The van der Waals surface area contributed by atoms with Crippen molar-refractivity contribution in [2.45, 2.75) is 18.3 Å². The van der Waals surface area contributed by atoms with E-state index in [0.717, 1.165) is 0 Å². The highest BCUT2D eigenvalue weighted by Gasteiger charge is 2.31. The highest BCUT2D eigenvalue weighted by atomic mass is 35.5. The monoisotopic (exact) mass is 444 g/mol. The van der Waals surface area contributed by atoms with Crippen LogP contribution in [0.3, 0.4) is 0 Å². The third kappa shape index (κ3) is 8.79. The van der Waals surface area contributed by atoms with Gasteiger partial charge in [0, 0.05) is 0 Å². The molecule has 0 aliphatic rings. The molecule has 0 aromatic rings. The summed E-state index contributed by atoms with van der Waals surface area (Å²) < 4.78 is 16.8. The van der Waals surface area contributed by atoms with Gasteiger partial charge < -0.3 is 13.6 Å². The van der Waals surface area contributed by atoms with Gasteiger partial charge in [-0.15, -0.1) is 69.6 Å².